The topological polar surface area (TPSA) is 84.9 Å². The second kappa shape index (κ2) is 12.8. The standard InChI is InChI=1S/C27H34N4O3.2ClH/c32-26(33)25(20-4-2-1-3-5-20)29-22-7-10-23(11-8-22)30-16-17-31(27(30)34)24-9-6-19-12-14-28-15-13-21(19)18-24;;/h1-6,9,18,22-23,25,28-29H,7-8,10-17H2,(H,32,33);2*1H/t22-,23-,25?;;. The fraction of sp³-hybridized carbons (Fsp3) is 0.481. The molecule has 0 aromatic heterocycles. The molecule has 2 amide bonds. The normalized spacial score (nSPS) is 22.6. The van der Waals surface area contributed by atoms with Crippen molar-refractivity contribution < 1.29 is 14.7 Å². The Labute approximate surface area is 225 Å². The number of amides is 2. The summed E-state index contributed by atoms with van der Waals surface area (Å²) in [5, 5.41) is 16.5. The Morgan fingerprint density at radius 1 is 0.944 bits per heavy atom. The maximum Gasteiger partial charge on any atom is 0.325 e. The number of nitrogens with zero attached hydrogens (tertiary/aromatic N) is 2. The average Bonchev–Trinajstić information content (AvgIpc) is 3.08. The molecule has 2 aliphatic heterocycles. The van der Waals surface area contributed by atoms with Gasteiger partial charge in [0.15, 0.2) is 0 Å². The lowest BCUT2D eigenvalue weighted by Crippen LogP contribution is -2.45. The first-order chi connectivity index (χ1) is 16.6. The highest BCUT2D eigenvalue weighted by molar-refractivity contribution is 5.94. The molecule has 2 aromatic rings. The molecule has 1 saturated carbocycles. The molecule has 7 nitrogen and oxygen atoms in total. The highest BCUT2D eigenvalue weighted by Crippen LogP contribution is 2.31. The Hall–Kier alpha value is -2.32. The number of carboxylic acid groups (broad SMARTS) is 1. The molecule has 2 heterocycles. The zero-order valence-electron chi connectivity index (χ0n) is 20.4. The van der Waals surface area contributed by atoms with Gasteiger partial charge in [0.2, 0.25) is 0 Å². The van der Waals surface area contributed by atoms with Crippen LogP contribution in [0.4, 0.5) is 10.5 Å². The van der Waals surface area contributed by atoms with Gasteiger partial charge in [-0.15, -0.1) is 24.8 Å². The molecule has 9 heteroatoms. The number of urea groups is 1. The van der Waals surface area contributed by atoms with E-state index < -0.39 is 12.0 Å². The highest BCUT2D eigenvalue weighted by atomic mass is 35.5. The summed E-state index contributed by atoms with van der Waals surface area (Å²) in [7, 11) is 0. The quantitative estimate of drug-likeness (QED) is 0.517. The Kier molecular flexibility index (Phi) is 10.0. The van der Waals surface area contributed by atoms with Crippen LogP contribution >= 0.6 is 24.8 Å². The largest absolute Gasteiger partial charge is 0.480 e. The molecule has 36 heavy (non-hydrogen) atoms. The molecule has 1 aliphatic carbocycles. The van der Waals surface area contributed by atoms with Gasteiger partial charge in [-0.3, -0.25) is 15.0 Å². The van der Waals surface area contributed by atoms with E-state index in [4.69, 9.17) is 0 Å². The van der Waals surface area contributed by atoms with E-state index in [2.05, 4.69) is 28.8 Å². The van der Waals surface area contributed by atoms with E-state index >= 15 is 0 Å². The number of carbonyl (C=O) groups is 2. The van der Waals surface area contributed by atoms with E-state index in [1.165, 1.54) is 11.1 Å². The number of nitrogens with one attached hydrogen (secondary N) is 2. The van der Waals surface area contributed by atoms with Crippen LogP contribution in [0, 0.1) is 0 Å². The van der Waals surface area contributed by atoms with Gasteiger partial charge in [0.1, 0.15) is 6.04 Å². The third-order valence-corrected chi connectivity index (χ3v) is 7.60. The molecule has 3 N–H and O–H groups in total. The number of carbonyl (C=O) groups excluding carboxylic acids is 1. The van der Waals surface area contributed by atoms with E-state index in [-0.39, 0.29) is 42.9 Å². The average molecular weight is 536 g/mol. The lowest BCUT2D eigenvalue weighted by Gasteiger charge is -2.35. The van der Waals surface area contributed by atoms with Gasteiger partial charge < -0.3 is 15.3 Å². The fourth-order valence-electron chi connectivity index (χ4n) is 5.71. The summed E-state index contributed by atoms with van der Waals surface area (Å²) in [6.45, 7) is 3.48. The molecule has 0 radical (unpaired) electrons. The van der Waals surface area contributed by atoms with Crippen molar-refractivity contribution in [1.29, 1.82) is 0 Å². The minimum atomic E-state index is -0.852. The molecule has 1 saturated heterocycles. The van der Waals surface area contributed by atoms with Crippen molar-refractivity contribution in [3.8, 4) is 0 Å². The SMILES string of the molecule is Cl.Cl.O=C(O)C(N[C@H]1CC[C@H](N2CCN(c3ccc4c(c3)CCNCC4)C2=O)CC1)c1ccccc1. The Balaban J connectivity index is 0.00000180. The van der Waals surface area contributed by atoms with Crippen LogP contribution in [0.5, 0.6) is 0 Å². The fourth-order valence-corrected chi connectivity index (χ4v) is 5.71. The lowest BCUT2D eigenvalue weighted by atomic mass is 9.89. The summed E-state index contributed by atoms with van der Waals surface area (Å²) in [6.07, 6.45) is 5.59. The molecule has 5 rings (SSSR count). The summed E-state index contributed by atoms with van der Waals surface area (Å²) < 4.78 is 0. The Morgan fingerprint density at radius 2 is 1.64 bits per heavy atom. The first kappa shape index (κ1) is 28.3. The predicted molar refractivity (Wildman–Crippen MR) is 147 cm³/mol. The number of hydrogen-bond donors (Lipinski definition) is 3. The molecular weight excluding hydrogens is 499 g/mol. The van der Waals surface area contributed by atoms with Crippen molar-refractivity contribution in [3.05, 3.63) is 65.2 Å². The number of anilines is 1. The number of halogens is 2. The number of benzene rings is 2. The van der Waals surface area contributed by atoms with E-state index in [0.29, 0.717) is 0 Å². The number of fused-ring (bicyclic) bond motifs is 1. The monoisotopic (exact) mass is 534 g/mol. The first-order valence-corrected chi connectivity index (χ1v) is 12.5. The molecular formula is C27H36Cl2N4O3. The van der Waals surface area contributed by atoms with Gasteiger partial charge in [-0.25, -0.2) is 4.79 Å². The van der Waals surface area contributed by atoms with Gasteiger partial charge in [0, 0.05) is 30.9 Å². The van der Waals surface area contributed by atoms with Crippen molar-refractivity contribution in [2.75, 3.05) is 31.1 Å². The molecule has 1 atom stereocenters. The summed E-state index contributed by atoms with van der Waals surface area (Å²) in [5.74, 6) is -0.852. The van der Waals surface area contributed by atoms with Gasteiger partial charge in [-0.1, -0.05) is 36.4 Å². The third-order valence-electron chi connectivity index (χ3n) is 7.60. The van der Waals surface area contributed by atoms with Crippen LogP contribution in [0.25, 0.3) is 0 Å². The van der Waals surface area contributed by atoms with Crippen LogP contribution in [0.3, 0.4) is 0 Å². The molecule has 2 aromatic carbocycles. The molecule has 0 bridgehead atoms. The van der Waals surface area contributed by atoms with E-state index in [1.807, 2.05) is 40.1 Å². The molecule has 0 spiro atoms. The van der Waals surface area contributed by atoms with Gasteiger partial charge in [0.25, 0.3) is 0 Å². The van der Waals surface area contributed by atoms with Crippen molar-refractivity contribution in [1.82, 2.24) is 15.5 Å². The van der Waals surface area contributed by atoms with Crippen LogP contribution in [-0.4, -0.2) is 60.3 Å². The third kappa shape index (κ3) is 6.14. The van der Waals surface area contributed by atoms with Gasteiger partial charge in [0.05, 0.1) is 0 Å². The minimum absolute atomic E-state index is 0. The van der Waals surface area contributed by atoms with E-state index in [0.717, 1.165) is 76.0 Å². The number of hydrogen-bond acceptors (Lipinski definition) is 4. The van der Waals surface area contributed by atoms with Crippen molar-refractivity contribution >= 4 is 42.5 Å². The number of rotatable bonds is 6. The molecule has 196 valence electrons. The smallest absolute Gasteiger partial charge is 0.325 e. The predicted octanol–water partition coefficient (Wildman–Crippen LogP) is 4.19. The molecule has 3 aliphatic rings. The maximum atomic E-state index is 13.3. The van der Waals surface area contributed by atoms with Gasteiger partial charge >= 0.3 is 12.0 Å². The summed E-state index contributed by atoms with van der Waals surface area (Å²) in [4.78, 5) is 29.1. The van der Waals surface area contributed by atoms with Crippen LogP contribution in [0.2, 0.25) is 0 Å². The van der Waals surface area contributed by atoms with Gasteiger partial charge in [-0.05, 0) is 80.4 Å². The van der Waals surface area contributed by atoms with Crippen LogP contribution < -0.4 is 15.5 Å². The second-order valence-electron chi connectivity index (χ2n) is 9.68. The van der Waals surface area contributed by atoms with Crippen molar-refractivity contribution in [2.24, 2.45) is 0 Å². The first-order valence-electron chi connectivity index (χ1n) is 12.5. The summed E-state index contributed by atoms with van der Waals surface area (Å²) in [5.41, 5.74) is 4.53. The highest BCUT2D eigenvalue weighted by Gasteiger charge is 2.37. The second-order valence-corrected chi connectivity index (χ2v) is 9.68. The summed E-state index contributed by atoms with van der Waals surface area (Å²) >= 11 is 0. The van der Waals surface area contributed by atoms with Crippen molar-refractivity contribution in [2.45, 2.75) is 56.7 Å². The van der Waals surface area contributed by atoms with Crippen LogP contribution in [-0.2, 0) is 17.6 Å². The molecule has 2 fully saturated rings. The Bertz CT molecular complexity index is 1030. The van der Waals surface area contributed by atoms with Gasteiger partial charge in [-0.2, -0.15) is 0 Å². The maximum absolute atomic E-state index is 13.3. The van der Waals surface area contributed by atoms with Crippen LogP contribution in [0.15, 0.2) is 48.5 Å². The number of carboxylic acids is 1. The lowest BCUT2D eigenvalue weighted by molar-refractivity contribution is -0.140. The minimum Gasteiger partial charge on any atom is -0.480 e. The Morgan fingerprint density at radius 3 is 2.33 bits per heavy atom. The van der Waals surface area contributed by atoms with Crippen LogP contribution in [0.1, 0.15) is 48.4 Å². The zero-order chi connectivity index (χ0) is 23.5. The summed E-state index contributed by atoms with van der Waals surface area (Å²) in [6, 6.07) is 15.6. The molecule has 1 unspecified atom stereocenters. The van der Waals surface area contributed by atoms with E-state index in [9.17, 15) is 14.7 Å². The number of aliphatic carboxylic acids is 1. The van der Waals surface area contributed by atoms with E-state index in [1.54, 1.807) is 0 Å². The zero-order valence-corrected chi connectivity index (χ0v) is 22.0. The van der Waals surface area contributed by atoms with Crippen molar-refractivity contribution in [3.63, 3.8) is 0 Å².